The quantitative estimate of drug-likeness (QED) is 0.242. The third kappa shape index (κ3) is 7.52. The summed E-state index contributed by atoms with van der Waals surface area (Å²) in [6.45, 7) is 8.95. The van der Waals surface area contributed by atoms with E-state index in [1.54, 1.807) is 0 Å². The molecule has 37 heavy (non-hydrogen) atoms. The molecule has 0 amide bonds. The van der Waals surface area contributed by atoms with E-state index in [1.165, 1.54) is 5.56 Å². The molecule has 0 aliphatic rings. The first-order valence-corrected chi connectivity index (χ1v) is 12.9. The fourth-order valence-electron chi connectivity index (χ4n) is 4.30. The Balaban J connectivity index is 1.52. The van der Waals surface area contributed by atoms with Crippen LogP contribution >= 0.6 is 0 Å². The first kappa shape index (κ1) is 26.6. The Kier molecular flexibility index (Phi) is 9.49. The molecule has 3 aromatic carbocycles. The number of aryl methyl sites for hydroxylation is 2. The number of rotatable bonds is 13. The average molecular weight is 500 g/mol. The number of nitrogens with zero attached hydrogens (tertiary/aromatic N) is 3. The van der Waals surface area contributed by atoms with E-state index >= 15 is 0 Å². The molecule has 0 saturated carbocycles. The maximum atomic E-state index is 10.8. The van der Waals surface area contributed by atoms with Crippen molar-refractivity contribution >= 4 is 0 Å². The van der Waals surface area contributed by atoms with E-state index in [9.17, 15) is 5.11 Å². The second kappa shape index (κ2) is 13.2. The van der Waals surface area contributed by atoms with Gasteiger partial charge in [-0.05, 0) is 56.6 Å². The van der Waals surface area contributed by atoms with Crippen LogP contribution in [0.5, 0.6) is 11.6 Å². The predicted molar refractivity (Wildman–Crippen MR) is 147 cm³/mol. The van der Waals surface area contributed by atoms with Crippen molar-refractivity contribution in [2.45, 2.75) is 46.4 Å². The third-order valence-electron chi connectivity index (χ3n) is 6.19. The molecule has 0 radical (unpaired) electrons. The molecule has 0 aliphatic carbocycles. The predicted octanol–water partition coefficient (Wildman–Crippen LogP) is 6.07. The van der Waals surface area contributed by atoms with Crippen molar-refractivity contribution < 1.29 is 14.6 Å². The molecular weight excluding hydrogens is 462 g/mol. The lowest BCUT2D eigenvalue weighted by Gasteiger charge is -2.25. The summed E-state index contributed by atoms with van der Waals surface area (Å²) in [6.07, 6.45) is 0.374. The third-order valence-corrected chi connectivity index (χ3v) is 6.19. The smallest absolute Gasteiger partial charge is 0.227 e. The molecule has 0 saturated heterocycles. The molecule has 6 heteroatoms. The zero-order valence-corrected chi connectivity index (χ0v) is 22.0. The topological polar surface area (TPSA) is 59.8 Å². The largest absolute Gasteiger partial charge is 0.439 e. The summed E-state index contributed by atoms with van der Waals surface area (Å²) in [4.78, 5) is 2.25. The molecule has 6 nitrogen and oxygen atoms in total. The second-order valence-electron chi connectivity index (χ2n) is 9.42. The second-order valence-corrected chi connectivity index (χ2v) is 9.42. The molecule has 0 aliphatic heterocycles. The summed E-state index contributed by atoms with van der Waals surface area (Å²) in [7, 11) is 0. The van der Waals surface area contributed by atoms with Gasteiger partial charge in [0, 0.05) is 13.1 Å². The lowest BCUT2D eigenvalue weighted by molar-refractivity contribution is 0.00845. The van der Waals surface area contributed by atoms with Gasteiger partial charge in [0.25, 0.3) is 0 Å². The number of hydrogen-bond acceptors (Lipinski definition) is 5. The summed E-state index contributed by atoms with van der Waals surface area (Å²) < 4.78 is 14.1. The molecule has 1 aromatic heterocycles. The van der Waals surface area contributed by atoms with Crippen LogP contribution in [0.1, 0.15) is 35.7 Å². The normalized spacial score (nSPS) is 12.1. The molecule has 1 heterocycles. The molecule has 1 unspecified atom stereocenters. The minimum Gasteiger partial charge on any atom is -0.439 e. The van der Waals surface area contributed by atoms with Gasteiger partial charge in [-0.3, -0.25) is 4.90 Å². The van der Waals surface area contributed by atoms with Crippen LogP contribution in [0.4, 0.5) is 0 Å². The first-order chi connectivity index (χ1) is 18.0. The lowest BCUT2D eigenvalue weighted by Crippen LogP contribution is -2.35. The van der Waals surface area contributed by atoms with Crippen LogP contribution in [-0.4, -0.2) is 45.6 Å². The van der Waals surface area contributed by atoms with Gasteiger partial charge in [0.05, 0.1) is 36.3 Å². The Morgan fingerprint density at radius 3 is 2.27 bits per heavy atom. The van der Waals surface area contributed by atoms with Crippen molar-refractivity contribution in [3.05, 3.63) is 107 Å². The standard InChI is InChI=1S/C31H37N3O3/c1-4-19-33(20-28(35)23-36-22-26-11-7-5-8-12-26)21-30-25(3)32-34(27-13-9-6-10-14-27)31(30)37-29-17-15-24(2)16-18-29/h5-18,28,35H,4,19-23H2,1-3H3. The zero-order valence-electron chi connectivity index (χ0n) is 22.0. The van der Waals surface area contributed by atoms with E-state index in [4.69, 9.17) is 14.6 Å². The molecule has 0 bridgehead atoms. The van der Waals surface area contributed by atoms with Gasteiger partial charge in [0.15, 0.2) is 0 Å². The monoisotopic (exact) mass is 499 g/mol. The SMILES string of the molecule is CCCN(Cc1c(C)nn(-c2ccccc2)c1Oc1ccc(C)cc1)CC(O)COCc1ccccc1. The van der Waals surface area contributed by atoms with Crippen molar-refractivity contribution in [3.8, 4) is 17.3 Å². The minimum atomic E-state index is -0.596. The number of para-hydroxylation sites is 1. The lowest BCUT2D eigenvalue weighted by atomic mass is 10.2. The van der Waals surface area contributed by atoms with E-state index in [0.29, 0.717) is 25.6 Å². The fraction of sp³-hybridized carbons (Fsp3) is 0.323. The fourth-order valence-corrected chi connectivity index (χ4v) is 4.30. The van der Waals surface area contributed by atoms with Crippen molar-refractivity contribution in [2.75, 3.05) is 19.7 Å². The van der Waals surface area contributed by atoms with Gasteiger partial charge in [-0.2, -0.15) is 5.10 Å². The summed E-state index contributed by atoms with van der Waals surface area (Å²) in [5, 5.41) is 15.6. The number of aromatic nitrogens is 2. The highest BCUT2D eigenvalue weighted by molar-refractivity contribution is 5.43. The summed E-state index contributed by atoms with van der Waals surface area (Å²) in [6, 6.07) is 28.1. The Labute approximate surface area is 220 Å². The van der Waals surface area contributed by atoms with Gasteiger partial charge in [-0.25, -0.2) is 4.68 Å². The number of aliphatic hydroxyl groups is 1. The molecule has 4 aromatic rings. The van der Waals surface area contributed by atoms with Crippen LogP contribution in [0.3, 0.4) is 0 Å². The highest BCUT2D eigenvalue weighted by atomic mass is 16.5. The maximum Gasteiger partial charge on any atom is 0.227 e. The van der Waals surface area contributed by atoms with Crippen LogP contribution in [0.15, 0.2) is 84.9 Å². The Hall–Kier alpha value is -3.45. The number of hydrogen-bond donors (Lipinski definition) is 1. The van der Waals surface area contributed by atoms with Crippen LogP contribution < -0.4 is 4.74 Å². The van der Waals surface area contributed by atoms with Crippen LogP contribution in [0, 0.1) is 13.8 Å². The summed E-state index contributed by atoms with van der Waals surface area (Å²) >= 11 is 0. The Morgan fingerprint density at radius 2 is 1.59 bits per heavy atom. The van der Waals surface area contributed by atoms with E-state index < -0.39 is 6.10 Å². The van der Waals surface area contributed by atoms with Gasteiger partial charge >= 0.3 is 0 Å². The number of ether oxygens (including phenoxy) is 2. The first-order valence-electron chi connectivity index (χ1n) is 12.9. The van der Waals surface area contributed by atoms with Gasteiger partial charge < -0.3 is 14.6 Å². The van der Waals surface area contributed by atoms with Gasteiger partial charge in [0.2, 0.25) is 5.88 Å². The Bertz CT molecular complexity index is 1220. The highest BCUT2D eigenvalue weighted by Crippen LogP contribution is 2.32. The van der Waals surface area contributed by atoms with Gasteiger partial charge in [-0.15, -0.1) is 0 Å². The van der Waals surface area contributed by atoms with E-state index in [-0.39, 0.29) is 6.61 Å². The van der Waals surface area contributed by atoms with Crippen molar-refractivity contribution in [2.24, 2.45) is 0 Å². The van der Waals surface area contributed by atoms with Crippen molar-refractivity contribution in [3.63, 3.8) is 0 Å². The molecule has 1 N–H and O–H groups in total. The highest BCUT2D eigenvalue weighted by Gasteiger charge is 2.22. The van der Waals surface area contributed by atoms with Crippen molar-refractivity contribution in [1.29, 1.82) is 0 Å². The van der Waals surface area contributed by atoms with Gasteiger partial charge in [0.1, 0.15) is 5.75 Å². The molecule has 1 atom stereocenters. The van der Waals surface area contributed by atoms with Crippen LogP contribution in [-0.2, 0) is 17.9 Å². The molecule has 0 spiro atoms. The van der Waals surface area contributed by atoms with E-state index in [0.717, 1.165) is 41.2 Å². The Morgan fingerprint density at radius 1 is 0.919 bits per heavy atom. The van der Waals surface area contributed by atoms with E-state index in [1.807, 2.05) is 96.5 Å². The maximum absolute atomic E-state index is 10.8. The minimum absolute atomic E-state index is 0.282. The zero-order chi connectivity index (χ0) is 26.0. The molecular formula is C31H37N3O3. The van der Waals surface area contributed by atoms with Crippen LogP contribution in [0.2, 0.25) is 0 Å². The van der Waals surface area contributed by atoms with Crippen molar-refractivity contribution in [1.82, 2.24) is 14.7 Å². The average Bonchev–Trinajstić information content (AvgIpc) is 3.21. The molecule has 0 fully saturated rings. The number of benzene rings is 3. The molecule has 4 rings (SSSR count). The number of aliphatic hydroxyl groups excluding tert-OH is 1. The summed E-state index contributed by atoms with van der Waals surface area (Å²) in [5.41, 5.74) is 5.13. The van der Waals surface area contributed by atoms with Crippen LogP contribution in [0.25, 0.3) is 5.69 Å². The summed E-state index contributed by atoms with van der Waals surface area (Å²) in [5.74, 6) is 1.46. The van der Waals surface area contributed by atoms with Gasteiger partial charge in [-0.1, -0.05) is 73.2 Å². The van der Waals surface area contributed by atoms with E-state index in [2.05, 4.69) is 18.7 Å². The molecule has 194 valence electrons.